The zero-order chi connectivity index (χ0) is 29.6. The number of aliphatic carboxylic acids is 1. The van der Waals surface area contributed by atoms with Gasteiger partial charge in [-0.25, -0.2) is 4.98 Å². The molecule has 2 aromatic heterocycles. The van der Waals surface area contributed by atoms with Gasteiger partial charge in [0, 0.05) is 47.6 Å². The van der Waals surface area contributed by atoms with Crippen molar-refractivity contribution in [2.45, 2.75) is 58.1 Å². The summed E-state index contributed by atoms with van der Waals surface area (Å²) in [6.07, 6.45) is 7.48. The van der Waals surface area contributed by atoms with Crippen LogP contribution in [0.1, 0.15) is 71.8 Å². The summed E-state index contributed by atoms with van der Waals surface area (Å²) >= 11 is 5.90. The van der Waals surface area contributed by atoms with Gasteiger partial charge in [0.25, 0.3) is 5.91 Å². The highest BCUT2D eigenvalue weighted by atomic mass is 35.5. The number of carbonyl (C=O) groups is 2. The van der Waals surface area contributed by atoms with Gasteiger partial charge >= 0.3 is 5.97 Å². The maximum Gasteiger partial charge on any atom is 0.305 e. The van der Waals surface area contributed by atoms with E-state index in [4.69, 9.17) is 25.9 Å². The van der Waals surface area contributed by atoms with Gasteiger partial charge in [0.15, 0.2) is 0 Å². The van der Waals surface area contributed by atoms with Crippen LogP contribution in [0.5, 0.6) is 5.75 Å². The quantitative estimate of drug-likeness (QED) is 0.173. The molecule has 4 aromatic rings. The Morgan fingerprint density at radius 2 is 1.88 bits per heavy atom. The van der Waals surface area contributed by atoms with E-state index in [-0.39, 0.29) is 24.9 Å². The molecule has 0 spiro atoms. The maximum atomic E-state index is 12.8. The number of benzene rings is 2. The molecule has 0 saturated heterocycles. The van der Waals surface area contributed by atoms with Crippen molar-refractivity contribution in [3.8, 4) is 5.75 Å². The van der Waals surface area contributed by atoms with Gasteiger partial charge in [-0.2, -0.15) is 0 Å². The lowest BCUT2D eigenvalue weighted by Crippen LogP contribution is -2.29. The van der Waals surface area contributed by atoms with Crippen molar-refractivity contribution in [1.82, 2.24) is 9.88 Å². The summed E-state index contributed by atoms with van der Waals surface area (Å²) in [5, 5.41) is 14.1. The highest BCUT2D eigenvalue weighted by Crippen LogP contribution is 2.41. The van der Waals surface area contributed by atoms with E-state index in [1.165, 1.54) is 24.2 Å². The van der Waals surface area contributed by atoms with Crippen molar-refractivity contribution in [3.63, 3.8) is 0 Å². The van der Waals surface area contributed by atoms with E-state index in [0.29, 0.717) is 23.2 Å². The first kappa shape index (κ1) is 29.5. The van der Waals surface area contributed by atoms with Gasteiger partial charge < -0.3 is 24.5 Å². The SMILES string of the molecule is Cc1c(C(Nc2ccc(C(=O)N(C)CCC(=O)O)cc2)C2CCCCC2)oc2ccc(OCc3ccc(Cl)nc3)cc12. The lowest BCUT2D eigenvalue weighted by atomic mass is 9.82. The van der Waals surface area contributed by atoms with Crippen molar-refractivity contribution < 1.29 is 23.8 Å². The Morgan fingerprint density at radius 1 is 1.12 bits per heavy atom. The van der Waals surface area contributed by atoms with E-state index in [2.05, 4.69) is 17.2 Å². The minimum atomic E-state index is -0.928. The number of furan rings is 1. The number of aromatic nitrogens is 1. The summed E-state index contributed by atoms with van der Waals surface area (Å²) in [4.78, 5) is 29.2. The third-order valence-corrected chi connectivity index (χ3v) is 8.23. The van der Waals surface area contributed by atoms with Crippen LogP contribution in [0.3, 0.4) is 0 Å². The van der Waals surface area contributed by atoms with E-state index in [0.717, 1.165) is 52.1 Å². The molecule has 1 aliphatic rings. The molecule has 42 heavy (non-hydrogen) atoms. The average Bonchev–Trinajstić information content (AvgIpc) is 3.33. The number of carbonyl (C=O) groups excluding carboxylic acids is 1. The van der Waals surface area contributed by atoms with Crippen molar-refractivity contribution in [2.24, 2.45) is 5.92 Å². The number of anilines is 1. The maximum absolute atomic E-state index is 12.8. The summed E-state index contributed by atoms with van der Waals surface area (Å²) in [6, 6.07) is 16.9. The molecule has 1 atom stereocenters. The van der Waals surface area contributed by atoms with Gasteiger partial charge in [0.05, 0.1) is 12.5 Å². The molecule has 0 aliphatic heterocycles. The molecular weight excluding hydrogens is 554 g/mol. The Morgan fingerprint density at radius 3 is 2.57 bits per heavy atom. The van der Waals surface area contributed by atoms with Gasteiger partial charge in [0.2, 0.25) is 0 Å². The molecule has 1 saturated carbocycles. The lowest BCUT2D eigenvalue weighted by Gasteiger charge is -2.31. The molecule has 0 radical (unpaired) electrons. The number of hydrogen-bond donors (Lipinski definition) is 2. The monoisotopic (exact) mass is 589 g/mol. The first-order chi connectivity index (χ1) is 20.3. The number of carboxylic acid groups (broad SMARTS) is 1. The van der Waals surface area contributed by atoms with Crippen LogP contribution in [0.2, 0.25) is 5.15 Å². The molecule has 2 heterocycles. The topological polar surface area (TPSA) is 105 Å². The van der Waals surface area contributed by atoms with Gasteiger partial charge in [-0.15, -0.1) is 0 Å². The molecule has 1 aliphatic carbocycles. The zero-order valence-corrected chi connectivity index (χ0v) is 24.7. The summed E-state index contributed by atoms with van der Waals surface area (Å²) < 4.78 is 12.6. The number of carboxylic acids is 1. The van der Waals surface area contributed by atoms with Crippen LogP contribution in [0, 0.1) is 12.8 Å². The van der Waals surface area contributed by atoms with Crippen LogP contribution in [0.25, 0.3) is 11.0 Å². The summed E-state index contributed by atoms with van der Waals surface area (Å²) in [6.45, 7) is 2.65. The first-order valence-electron chi connectivity index (χ1n) is 14.4. The third-order valence-electron chi connectivity index (χ3n) is 8.00. The second-order valence-electron chi connectivity index (χ2n) is 11.0. The molecule has 2 aromatic carbocycles. The number of aryl methyl sites for hydroxylation is 1. The van der Waals surface area contributed by atoms with E-state index in [1.54, 1.807) is 31.4 Å². The number of ether oxygens (including phenoxy) is 1. The molecule has 9 heteroatoms. The fourth-order valence-electron chi connectivity index (χ4n) is 5.60. The minimum Gasteiger partial charge on any atom is -0.489 e. The van der Waals surface area contributed by atoms with Crippen LogP contribution >= 0.6 is 11.6 Å². The molecule has 2 N–H and O–H groups in total. The summed E-state index contributed by atoms with van der Waals surface area (Å²) in [7, 11) is 1.62. The van der Waals surface area contributed by atoms with Crippen molar-refractivity contribution in [3.05, 3.63) is 88.4 Å². The lowest BCUT2D eigenvalue weighted by molar-refractivity contribution is -0.137. The fourth-order valence-corrected chi connectivity index (χ4v) is 5.71. The van der Waals surface area contributed by atoms with E-state index >= 15 is 0 Å². The minimum absolute atomic E-state index is 0.0259. The number of nitrogens with zero attached hydrogens (tertiary/aromatic N) is 2. The molecule has 0 bridgehead atoms. The predicted octanol–water partition coefficient (Wildman–Crippen LogP) is 7.65. The van der Waals surface area contributed by atoms with Crippen molar-refractivity contribution >= 4 is 40.1 Å². The predicted molar refractivity (Wildman–Crippen MR) is 163 cm³/mol. The second-order valence-corrected chi connectivity index (χ2v) is 11.4. The van der Waals surface area contributed by atoms with Crippen LogP contribution in [0.4, 0.5) is 5.69 Å². The first-order valence-corrected chi connectivity index (χ1v) is 14.8. The van der Waals surface area contributed by atoms with Crippen LogP contribution < -0.4 is 10.1 Å². The van der Waals surface area contributed by atoms with Crippen LogP contribution in [-0.4, -0.2) is 40.5 Å². The van der Waals surface area contributed by atoms with Gasteiger partial charge in [-0.1, -0.05) is 36.9 Å². The van der Waals surface area contributed by atoms with E-state index < -0.39 is 5.97 Å². The molecular formula is C33H36ClN3O5. The summed E-state index contributed by atoms with van der Waals surface area (Å²) in [5.41, 5.74) is 4.25. The van der Waals surface area contributed by atoms with Gasteiger partial charge in [-0.3, -0.25) is 9.59 Å². The highest BCUT2D eigenvalue weighted by molar-refractivity contribution is 6.29. The number of hydrogen-bond acceptors (Lipinski definition) is 6. The largest absolute Gasteiger partial charge is 0.489 e. The number of halogens is 1. The van der Waals surface area contributed by atoms with E-state index in [1.807, 2.05) is 36.4 Å². The Kier molecular flexibility index (Phi) is 9.32. The average molecular weight is 590 g/mol. The summed E-state index contributed by atoms with van der Waals surface area (Å²) in [5.74, 6) is 0.955. The van der Waals surface area contributed by atoms with Crippen LogP contribution in [0.15, 0.2) is 65.2 Å². The Labute approximate surface area is 250 Å². The van der Waals surface area contributed by atoms with Crippen molar-refractivity contribution in [1.29, 1.82) is 0 Å². The van der Waals surface area contributed by atoms with Crippen LogP contribution in [-0.2, 0) is 11.4 Å². The second kappa shape index (κ2) is 13.3. The Hall–Kier alpha value is -4.04. The van der Waals surface area contributed by atoms with Crippen molar-refractivity contribution in [2.75, 3.05) is 18.9 Å². The zero-order valence-electron chi connectivity index (χ0n) is 23.9. The molecule has 1 amide bonds. The normalized spacial score (nSPS) is 14.5. The molecule has 1 unspecified atom stereocenters. The molecule has 8 nitrogen and oxygen atoms in total. The Bertz CT molecular complexity index is 1530. The molecule has 5 rings (SSSR count). The molecule has 220 valence electrons. The number of rotatable bonds is 11. The highest BCUT2D eigenvalue weighted by Gasteiger charge is 2.30. The van der Waals surface area contributed by atoms with E-state index in [9.17, 15) is 9.59 Å². The smallest absolute Gasteiger partial charge is 0.305 e. The fraction of sp³-hybridized carbons (Fsp3) is 0.364. The standard InChI is InChI=1S/C33H36ClN3O5/c1-21-27-18-26(41-20-22-8-15-29(34)35-19-22)13-14-28(27)42-32(21)31(23-6-4-3-5-7-23)36-25-11-9-24(10-12-25)33(40)37(2)17-16-30(38)39/h8-15,18-19,23,31,36H,3-7,16-17,20H2,1-2H3,(H,38,39). The number of pyridine rings is 1. The third kappa shape index (κ3) is 7.05. The molecule has 1 fully saturated rings. The number of fused-ring (bicyclic) bond motifs is 1. The Balaban J connectivity index is 1.35. The van der Waals surface area contributed by atoms with Gasteiger partial charge in [0.1, 0.15) is 28.9 Å². The number of nitrogens with one attached hydrogen (secondary N) is 1. The number of amides is 1. The van der Waals surface area contributed by atoms with Gasteiger partial charge in [-0.05, 0) is 74.2 Å².